The Morgan fingerprint density at radius 2 is 2.33 bits per heavy atom. The molecule has 1 aromatic heterocycles. The van der Waals surface area contributed by atoms with Gasteiger partial charge in [0.15, 0.2) is 0 Å². The van der Waals surface area contributed by atoms with E-state index in [2.05, 4.69) is 9.88 Å². The molecule has 1 aromatic rings. The molecule has 0 spiro atoms. The fraction of sp³-hybridized carbons (Fsp3) is 0.444. The van der Waals surface area contributed by atoms with E-state index in [4.69, 9.17) is 4.74 Å². The molecule has 64 valence electrons. The molecule has 3 nitrogen and oxygen atoms in total. The van der Waals surface area contributed by atoms with Gasteiger partial charge in [0.2, 0.25) is 5.88 Å². The van der Waals surface area contributed by atoms with Crippen molar-refractivity contribution in [1.29, 1.82) is 0 Å². The lowest BCUT2D eigenvalue weighted by atomic mass is 10.5. The molecule has 1 aliphatic heterocycles. The number of hydrogen-bond acceptors (Lipinski definition) is 3. The highest BCUT2D eigenvalue weighted by atomic mass is 16.5. The number of hydrogen-bond donors (Lipinski definition) is 0. The average Bonchev–Trinajstić information content (AvgIpc) is 2.90. The van der Waals surface area contributed by atoms with Crippen molar-refractivity contribution in [2.75, 3.05) is 26.2 Å². The minimum Gasteiger partial charge on any atom is -0.476 e. The smallest absolute Gasteiger partial charge is 0.213 e. The Kier molecular flexibility index (Phi) is 2.23. The van der Waals surface area contributed by atoms with Gasteiger partial charge in [-0.05, 0) is 6.07 Å². The zero-order chi connectivity index (χ0) is 8.23. The molecule has 1 saturated heterocycles. The second-order valence-corrected chi connectivity index (χ2v) is 2.86. The molecule has 2 heterocycles. The molecule has 1 aliphatic rings. The van der Waals surface area contributed by atoms with Crippen molar-refractivity contribution in [3.05, 3.63) is 24.4 Å². The third-order valence-corrected chi connectivity index (χ3v) is 1.84. The molecule has 0 amide bonds. The van der Waals surface area contributed by atoms with Gasteiger partial charge in [0.25, 0.3) is 0 Å². The van der Waals surface area contributed by atoms with Gasteiger partial charge in [0, 0.05) is 31.9 Å². The van der Waals surface area contributed by atoms with E-state index < -0.39 is 0 Å². The Balaban J connectivity index is 1.72. The predicted molar refractivity (Wildman–Crippen MR) is 46.2 cm³/mol. The summed E-state index contributed by atoms with van der Waals surface area (Å²) in [5.41, 5.74) is 0. The third-order valence-electron chi connectivity index (χ3n) is 1.84. The molecule has 1 fully saturated rings. The third kappa shape index (κ3) is 2.20. The first-order chi connectivity index (χ1) is 5.95. The van der Waals surface area contributed by atoms with E-state index in [1.165, 1.54) is 13.1 Å². The van der Waals surface area contributed by atoms with Crippen LogP contribution in [0.5, 0.6) is 5.88 Å². The van der Waals surface area contributed by atoms with Crippen molar-refractivity contribution in [2.45, 2.75) is 0 Å². The number of aromatic nitrogens is 1. The molecule has 0 aromatic carbocycles. The van der Waals surface area contributed by atoms with Gasteiger partial charge in [-0.15, -0.1) is 0 Å². The molecule has 3 heteroatoms. The van der Waals surface area contributed by atoms with Crippen LogP contribution in [0.3, 0.4) is 0 Å². The van der Waals surface area contributed by atoms with Crippen molar-refractivity contribution in [3.8, 4) is 5.88 Å². The average molecular weight is 164 g/mol. The molecule has 2 rings (SSSR count). The lowest BCUT2D eigenvalue weighted by Crippen LogP contribution is -2.10. The quantitative estimate of drug-likeness (QED) is 0.615. The molecular weight excluding hydrogens is 152 g/mol. The Morgan fingerprint density at radius 3 is 3.00 bits per heavy atom. The van der Waals surface area contributed by atoms with Crippen LogP contribution in [-0.4, -0.2) is 36.1 Å². The van der Waals surface area contributed by atoms with Crippen LogP contribution in [0.1, 0.15) is 0 Å². The first-order valence-electron chi connectivity index (χ1n) is 4.21. The number of rotatable bonds is 4. The van der Waals surface area contributed by atoms with Crippen LogP contribution < -0.4 is 4.74 Å². The maximum Gasteiger partial charge on any atom is 0.213 e. The van der Waals surface area contributed by atoms with E-state index in [1.807, 2.05) is 18.2 Å². The maximum atomic E-state index is 5.40. The first kappa shape index (κ1) is 7.55. The predicted octanol–water partition coefficient (Wildman–Crippen LogP) is 0.776. The minimum absolute atomic E-state index is 0.722. The van der Waals surface area contributed by atoms with Crippen molar-refractivity contribution in [2.24, 2.45) is 0 Å². The highest BCUT2D eigenvalue weighted by Crippen LogP contribution is 2.05. The standard InChI is InChI=1S/C9H12N2O/c1-2-4-10-9(3-1)12-8-7-11-5-6-11/h1-4H,5-8H2. The lowest BCUT2D eigenvalue weighted by Gasteiger charge is -2.03. The summed E-state index contributed by atoms with van der Waals surface area (Å²) in [7, 11) is 0. The zero-order valence-corrected chi connectivity index (χ0v) is 6.94. The van der Waals surface area contributed by atoms with Gasteiger partial charge in [-0.3, -0.25) is 4.90 Å². The summed E-state index contributed by atoms with van der Waals surface area (Å²) in [6, 6.07) is 5.69. The highest BCUT2D eigenvalue weighted by molar-refractivity contribution is 5.08. The summed E-state index contributed by atoms with van der Waals surface area (Å²) in [4.78, 5) is 6.38. The molecular formula is C9H12N2O. The topological polar surface area (TPSA) is 25.1 Å². The Morgan fingerprint density at radius 1 is 1.42 bits per heavy atom. The number of nitrogens with zero attached hydrogens (tertiary/aromatic N) is 2. The monoisotopic (exact) mass is 164 g/mol. The van der Waals surface area contributed by atoms with Crippen molar-refractivity contribution >= 4 is 0 Å². The van der Waals surface area contributed by atoms with E-state index in [0.29, 0.717) is 0 Å². The second-order valence-electron chi connectivity index (χ2n) is 2.86. The summed E-state index contributed by atoms with van der Waals surface area (Å²) in [5, 5.41) is 0. The highest BCUT2D eigenvalue weighted by Gasteiger charge is 2.15. The van der Waals surface area contributed by atoms with Crippen LogP contribution in [0.15, 0.2) is 24.4 Å². The fourth-order valence-corrected chi connectivity index (χ4v) is 1.01. The van der Waals surface area contributed by atoms with Gasteiger partial charge in [0.1, 0.15) is 6.61 Å². The van der Waals surface area contributed by atoms with Gasteiger partial charge in [-0.25, -0.2) is 4.98 Å². The molecule has 0 unspecified atom stereocenters. The van der Waals surface area contributed by atoms with Gasteiger partial charge >= 0.3 is 0 Å². The summed E-state index contributed by atoms with van der Waals surface area (Å²) in [6.07, 6.45) is 1.74. The Labute approximate surface area is 72.0 Å². The van der Waals surface area contributed by atoms with Crippen LogP contribution in [0.4, 0.5) is 0 Å². The number of pyridine rings is 1. The SMILES string of the molecule is c1ccc(OCCN2CC2)nc1. The largest absolute Gasteiger partial charge is 0.476 e. The summed E-state index contributed by atoms with van der Waals surface area (Å²) >= 11 is 0. The summed E-state index contributed by atoms with van der Waals surface area (Å²) in [6.45, 7) is 4.23. The van der Waals surface area contributed by atoms with Crippen molar-refractivity contribution in [3.63, 3.8) is 0 Å². The second kappa shape index (κ2) is 3.54. The lowest BCUT2D eigenvalue weighted by molar-refractivity contribution is 0.282. The molecule has 0 atom stereocenters. The minimum atomic E-state index is 0.722. The van der Waals surface area contributed by atoms with Crippen LogP contribution >= 0.6 is 0 Å². The molecule has 0 bridgehead atoms. The van der Waals surface area contributed by atoms with E-state index in [9.17, 15) is 0 Å². The fourth-order valence-electron chi connectivity index (χ4n) is 1.01. The Bertz CT molecular complexity index is 234. The number of ether oxygens (including phenoxy) is 1. The maximum absolute atomic E-state index is 5.40. The van der Waals surface area contributed by atoms with Crippen LogP contribution in [0.25, 0.3) is 0 Å². The molecule has 0 saturated carbocycles. The van der Waals surface area contributed by atoms with Gasteiger partial charge in [0.05, 0.1) is 0 Å². The van der Waals surface area contributed by atoms with Crippen molar-refractivity contribution in [1.82, 2.24) is 9.88 Å². The van der Waals surface area contributed by atoms with Gasteiger partial charge in [-0.1, -0.05) is 6.07 Å². The van der Waals surface area contributed by atoms with E-state index in [1.54, 1.807) is 6.20 Å². The molecule has 0 N–H and O–H groups in total. The Hall–Kier alpha value is -1.09. The first-order valence-corrected chi connectivity index (χ1v) is 4.21. The van der Waals surface area contributed by atoms with Crippen molar-refractivity contribution < 1.29 is 4.74 Å². The summed E-state index contributed by atoms with van der Waals surface area (Å²) in [5.74, 6) is 0.722. The van der Waals surface area contributed by atoms with Crippen LogP contribution in [0, 0.1) is 0 Å². The van der Waals surface area contributed by atoms with E-state index in [0.717, 1.165) is 19.0 Å². The van der Waals surface area contributed by atoms with Crippen LogP contribution in [-0.2, 0) is 0 Å². The van der Waals surface area contributed by atoms with E-state index >= 15 is 0 Å². The van der Waals surface area contributed by atoms with E-state index in [-0.39, 0.29) is 0 Å². The molecule has 0 radical (unpaired) electrons. The molecule has 12 heavy (non-hydrogen) atoms. The zero-order valence-electron chi connectivity index (χ0n) is 6.94. The van der Waals surface area contributed by atoms with Gasteiger partial charge < -0.3 is 4.74 Å². The van der Waals surface area contributed by atoms with Crippen LogP contribution in [0.2, 0.25) is 0 Å². The summed E-state index contributed by atoms with van der Waals surface area (Å²) < 4.78 is 5.40. The van der Waals surface area contributed by atoms with Gasteiger partial charge in [-0.2, -0.15) is 0 Å². The molecule has 0 aliphatic carbocycles. The normalized spacial score (nSPS) is 16.0.